The Morgan fingerprint density at radius 2 is 2.11 bits per heavy atom. The third kappa shape index (κ3) is 3.36. The fourth-order valence-electron chi connectivity index (χ4n) is 2.61. The number of thioether (sulfide) groups is 1. The van der Waals surface area contributed by atoms with Gasteiger partial charge in [0.25, 0.3) is 0 Å². The number of hydrogen-bond donors (Lipinski definition) is 1. The van der Waals surface area contributed by atoms with E-state index in [1.165, 1.54) is 32.1 Å². The van der Waals surface area contributed by atoms with Gasteiger partial charge in [-0.1, -0.05) is 19.3 Å². The summed E-state index contributed by atoms with van der Waals surface area (Å²) in [4.78, 5) is 11.0. The molecule has 4 nitrogen and oxygen atoms in total. The molecule has 0 unspecified atom stereocenters. The third-order valence-electron chi connectivity index (χ3n) is 3.52. The Morgan fingerprint density at radius 1 is 1.33 bits per heavy atom. The lowest BCUT2D eigenvalue weighted by Crippen LogP contribution is -2.40. The topological polar surface area (TPSA) is 55.0 Å². The van der Waals surface area contributed by atoms with E-state index < -0.39 is 0 Å². The maximum absolute atomic E-state index is 5.75. The zero-order valence-electron chi connectivity index (χ0n) is 11.0. The highest BCUT2D eigenvalue weighted by molar-refractivity contribution is 7.98. The molecule has 0 spiro atoms. The Kier molecular flexibility index (Phi) is 5.26. The molecule has 18 heavy (non-hydrogen) atoms. The van der Waals surface area contributed by atoms with E-state index in [4.69, 9.17) is 5.73 Å². The van der Waals surface area contributed by atoms with Crippen LogP contribution in [-0.2, 0) is 0 Å². The van der Waals surface area contributed by atoms with Crippen LogP contribution in [0.1, 0.15) is 32.1 Å². The third-order valence-corrected chi connectivity index (χ3v) is 4.16. The lowest BCUT2D eigenvalue weighted by atomic mass is 9.94. The van der Waals surface area contributed by atoms with Crippen LogP contribution in [0.3, 0.4) is 0 Å². The van der Waals surface area contributed by atoms with Crippen molar-refractivity contribution >= 4 is 17.6 Å². The number of hydrogen-bond acceptors (Lipinski definition) is 5. The van der Waals surface area contributed by atoms with Crippen LogP contribution in [0, 0.1) is 0 Å². The Bertz CT molecular complexity index is 366. The van der Waals surface area contributed by atoms with E-state index in [0.29, 0.717) is 12.6 Å². The van der Waals surface area contributed by atoms with Crippen LogP contribution in [0.15, 0.2) is 17.4 Å². The minimum Gasteiger partial charge on any atom is -0.352 e. The van der Waals surface area contributed by atoms with Crippen molar-refractivity contribution in [2.45, 2.75) is 43.2 Å². The predicted octanol–water partition coefficient (Wildman–Crippen LogP) is 2.30. The molecule has 5 heteroatoms. The fraction of sp³-hybridized carbons (Fsp3) is 0.692. The van der Waals surface area contributed by atoms with E-state index >= 15 is 0 Å². The first-order chi connectivity index (χ1) is 8.85. The van der Waals surface area contributed by atoms with Gasteiger partial charge in [0.1, 0.15) is 17.2 Å². The van der Waals surface area contributed by atoms with E-state index in [0.717, 1.165) is 17.4 Å². The molecule has 2 N–H and O–H groups in total. The number of aromatic nitrogens is 2. The van der Waals surface area contributed by atoms with E-state index in [1.807, 2.05) is 6.26 Å². The van der Waals surface area contributed by atoms with Crippen molar-refractivity contribution in [2.75, 3.05) is 24.2 Å². The van der Waals surface area contributed by atoms with Gasteiger partial charge in [0.05, 0.1) is 0 Å². The Morgan fingerprint density at radius 3 is 2.78 bits per heavy atom. The smallest absolute Gasteiger partial charge is 0.133 e. The maximum Gasteiger partial charge on any atom is 0.133 e. The van der Waals surface area contributed by atoms with Gasteiger partial charge in [-0.2, -0.15) is 0 Å². The molecular weight excluding hydrogens is 244 g/mol. The average molecular weight is 266 g/mol. The van der Waals surface area contributed by atoms with Crippen molar-refractivity contribution in [1.82, 2.24) is 9.97 Å². The second-order valence-electron chi connectivity index (χ2n) is 4.69. The molecule has 1 heterocycles. The summed E-state index contributed by atoms with van der Waals surface area (Å²) in [6.07, 6.45) is 10.2. The molecule has 0 aromatic carbocycles. The van der Waals surface area contributed by atoms with Crippen LogP contribution in [0.25, 0.3) is 0 Å². The predicted molar refractivity (Wildman–Crippen MR) is 77.1 cm³/mol. The minimum atomic E-state index is 0.604. The van der Waals surface area contributed by atoms with Crippen molar-refractivity contribution in [1.29, 1.82) is 0 Å². The summed E-state index contributed by atoms with van der Waals surface area (Å²) >= 11 is 1.66. The normalized spacial score (nSPS) is 16.8. The van der Waals surface area contributed by atoms with Crippen LogP contribution in [-0.4, -0.2) is 35.4 Å². The number of nitrogens with two attached hydrogens (primary N) is 1. The molecule has 0 atom stereocenters. The standard InChI is InChI=1S/C13H22N4S/c1-18-13-9-12(15-10-16-13)17(8-7-14)11-5-3-2-4-6-11/h9-11H,2-8,14H2,1H3. The molecule has 1 aromatic heterocycles. The van der Waals surface area contributed by atoms with Gasteiger partial charge in [-0.3, -0.25) is 0 Å². The first-order valence-corrected chi connectivity index (χ1v) is 7.90. The summed E-state index contributed by atoms with van der Waals surface area (Å²) in [5.74, 6) is 1.03. The highest BCUT2D eigenvalue weighted by atomic mass is 32.2. The molecule has 0 aliphatic heterocycles. The Balaban J connectivity index is 2.16. The van der Waals surface area contributed by atoms with E-state index in [9.17, 15) is 0 Å². The van der Waals surface area contributed by atoms with Crippen LogP contribution < -0.4 is 10.6 Å². The van der Waals surface area contributed by atoms with Crippen molar-refractivity contribution < 1.29 is 0 Å². The molecule has 0 radical (unpaired) electrons. The molecule has 100 valence electrons. The second-order valence-corrected chi connectivity index (χ2v) is 5.52. The van der Waals surface area contributed by atoms with Crippen LogP contribution in [0.5, 0.6) is 0 Å². The SMILES string of the molecule is CSc1cc(N(CCN)C2CCCCC2)ncn1. The molecule has 1 aliphatic carbocycles. The zero-order valence-corrected chi connectivity index (χ0v) is 11.8. The Labute approximate surface area is 113 Å². The monoisotopic (exact) mass is 266 g/mol. The quantitative estimate of drug-likeness (QED) is 0.654. The highest BCUT2D eigenvalue weighted by Crippen LogP contribution is 2.27. The molecule has 1 aromatic rings. The first-order valence-electron chi connectivity index (χ1n) is 6.68. The molecule has 1 fully saturated rings. The van der Waals surface area contributed by atoms with Crippen molar-refractivity contribution in [2.24, 2.45) is 5.73 Å². The van der Waals surface area contributed by atoms with Gasteiger partial charge in [0.2, 0.25) is 0 Å². The van der Waals surface area contributed by atoms with E-state index in [-0.39, 0.29) is 0 Å². The molecule has 1 aliphatic rings. The maximum atomic E-state index is 5.75. The van der Waals surface area contributed by atoms with Gasteiger partial charge in [0.15, 0.2) is 0 Å². The highest BCUT2D eigenvalue weighted by Gasteiger charge is 2.22. The number of anilines is 1. The van der Waals surface area contributed by atoms with Crippen molar-refractivity contribution in [3.05, 3.63) is 12.4 Å². The van der Waals surface area contributed by atoms with Gasteiger partial charge in [-0.15, -0.1) is 11.8 Å². The Hall–Kier alpha value is -0.810. The fourth-order valence-corrected chi connectivity index (χ4v) is 2.99. The van der Waals surface area contributed by atoms with Crippen LogP contribution >= 0.6 is 11.8 Å². The minimum absolute atomic E-state index is 0.604. The molecule has 2 rings (SSSR count). The summed E-state index contributed by atoms with van der Waals surface area (Å²) in [7, 11) is 0. The largest absolute Gasteiger partial charge is 0.352 e. The summed E-state index contributed by atoms with van der Waals surface area (Å²) in [5, 5.41) is 1.03. The zero-order chi connectivity index (χ0) is 12.8. The van der Waals surface area contributed by atoms with Crippen molar-refractivity contribution in [3.8, 4) is 0 Å². The first kappa shape index (κ1) is 13.6. The second kappa shape index (κ2) is 6.95. The molecule has 0 saturated heterocycles. The lowest BCUT2D eigenvalue weighted by molar-refractivity contribution is 0.414. The van der Waals surface area contributed by atoms with E-state index in [2.05, 4.69) is 20.9 Å². The van der Waals surface area contributed by atoms with Crippen LogP contribution in [0.2, 0.25) is 0 Å². The van der Waals surface area contributed by atoms with Crippen molar-refractivity contribution in [3.63, 3.8) is 0 Å². The average Bonchev–Trinajstić information content (AvgIpc) is 2.46. The molecule has 1 saturated carbocycles. The summed E-state index contributed by atoms with van der Waals surface area (Å²) in [5.41, 5.74) is 5.75. The van der Waals surface area contributed by atoms with Gasteiger partial charge >= 0.3 is 0 Å². The number of rotatable bonds is 5. The number of nitrogens with zero attached hydrogens (tertiary/aromatic N) is 3. The van der Waals surface area contributed by atoms with Gasteiger partial charge in [-0.25, -0.2) is 9.97 Å². The summed E-state index contributed by atoms with van der Waals surface area (Å²) in [6.45, 7) is 1.56. The lowest BCUT2D eigenvalue weighted by Gasteiger charge is -2.35. The van der Waals surface area contributed by atoms with Crippen LogP contribution in [0.4, 0.5) is 5.82 Å². The van der Waals surface area contributed by atoms with Gasteiger partial charge in [0, 0.05) is 25.2 Å². The molecule has 0 amide bonds. The van der Waals surface area contributed by atoms with E-state index in [1.54, 1.807) is 18.1 Å². The van der Waals surface area contributed by atoms with Gasteiger partial charge in [-0.05, 0) is 19.1 Å². The van der Waals surface area contributed by atoms with Gasteiger partial charge < -0.3 is 10.6 Å². The summed E-state index contributed by atoms with van der Waals surface area (Å²) in [6, 6.07) is 2.68. The molecular formula is C13H22N4S. The molecule has 0 bridgehead atoms. The summed E-state index contributed by atoms with van der Waals surface area (Å²) < 4.78 is 0.